The molecule has 0 spiro atoms. The maximum atomic E-state index is 11.4. The molecule has 0 atom stereocenters. The summed E-state index contributed by atoms with van der Waals surface area (Å²) in [6.07, 6.45) is 0. The van der Waals surface area contributed by atoms with Crippen LogP contribution in [0.15, 0.2) is 6.07 Å². The lowest BCUT2D eigenvalue weighted by atomic mass is 10.4. The van der Waals surface area contributed by atoms with Crippen molar-refractivity contribution < 1.29 is 14.3 Å². The van der Waals surface area contributed by atoms with E-state index in [1.165, 1.54) is 4.68 Å². The summed E-state index contributed by atoms with van der Waals surface area (Å²) in [4.78, 5) is 11.4. The zero-order valence-corrected chi connectivity index (χ0v) is 8.61. The fraction of sp³-hybridized carbons (Fsp3) is 0.556. The molecule has 1 aromatic rings. The maximum Gasteiger partial charge on any atom is 0.356 e. The van der Waals surface area contributed by atoms with E-state index in [0.717, 1.165) is 5.69 Å². The molecule has 0 saturated heterocycles. The summed E-state index contributed by atoms with van der Waals surface area (Å²) in [5.74, 6) is -0.370. The van der Waals surface area contributed by atoms with Crippen LogP contribution in [-0.4, -0.2) is 29.5 Å². The monoisotopic (exact) mass is 198 g/mol. The number of methoxy groups -OCH3 is 1. The first-order chi connectivity index (χ1) is 6.69. The van der Waals surface area contributed by atoms with Gasteiger partial charge in [-0.25, -0.2) is 9.48 Å². The van der Waals surface area contributed by atoms with Gasteiger partial charge >= 0.3 is 5.97 Å². The van der Waals surface area contributed by atoms with Crippen molar-refractivity contribution in [1.29, 1.82) is 0 Å². The van der Waals surface area contributed by atoms with Gasteiger partial charge in [-0.05, 0) is 19.9 Å². The van der Waals surface area contributed by atoms with Gasteiger partial charge in [-0.15, -0.1) is 0 Å². The largest absolute Gasteiger partial charge is 0.461 e. The molecule has 0 bridgehead atoms. The molecular weight excluding hydrogens is 184 g/mol. The minimum atomic E-state index is -0.370. The van der Waals surface area contributed by atoms with Crippen LogP contribution < -0.4 is 0 Å². The fourth-order valence-electron chi connectivity index (χ4n) is 1.14. The number of esters is 1. The summed E-state index contributed by atoms with van der Waals surface area (Å²) in [7, 11) is 1.55. The van der Waals surface area contributed by atoms with Crippen LogP contribution in [0.4, 0.5) is 0 Å². The van der Waals surface area contributed by atoms with Crippen molar-refractivity contribution >= 4 is 5.97 Å². The van der Waals surface area contributed by atoms with Crippen LogP contribution >= 0.6 is 0 Å². The second-order valence-electron chi connectivity index (χ2n) is 2.81. The summed E-state index contributed by atoms with van der Waals surface area (Å²) < 4.78 is 11.3. The Bertz CT molecular complexity index is 320. The molecule has 0 saturated carbocycles. The van der Waals surface area contributed by atoms with Gasteiger partial charge in [-0.1, -0.05) is 0 Å². The molecule has 0 aromatic carbocycles. The minimum absolute atomic E-state index is 0.252. The SMILES string of the molecule is CCOC(=O)c1cc(C)nn1COC. The Morgan fingerprint density at radius 2 is 2.36 bits per heavy atom. The van der Waals surface area contributed by atoms with Crippen LogP contribution in [-0.2, 0) is 16.2 Å². The lowest BCUT2D eigenvalue weighted by Gasteiger charge is -2.04. The quantitative estimate of drug-likeness (QED) is 0.676. The number of hydrogen-bond acceptors (Lipinski definition) is 4. The zero-order valence-electron chi connectivity index (χ0n) is 8.61. The highest BCUT2D eigenvalue weighted by Crippen LogP contribution is 2.05. The second kappa shape index (κ2) is 4.76. The molecule has 1 rings (SSSR count). The van der Waals surface area contributed by atoms with Gasteiger partial charge in [-0.2, -0.15) is 5.10 Å². The molecule has 0 radical (unpaired) electrons. The van der Waals surface area contributed by atoms with Crippen LogP contribution in [0.1, 0.15) is 23.1 Å². The third-order valence-electron chi connectivity index (χ3n) is 1.64. The van der Waals surface area contributed by atoms with Gasteiger partial charge in [0.25, 0.3) is 0 Å². The number of carbonyl (C=O) groups excluding carboxylic acids is 1. The van der Waals surface area contributed by atoms with Crippen LogP contribution in [0.2, 0.25) is 0 Å². The summed E-state index contributed by atoms with van der Waals surface area (Å²) in [5.41, 5.74) is 1.19. The topological polar surface area (TPSA) is 53.3 Å². The molecule has 0 aliphatic rings. The lowest BCUT2D eigenvalue weighted by Crippen LogP contribution is -2.14. The van der Waals surface area contributed by atoms with Gasteiger partial charge in [0.2, 0.25) is 0 Å². The fourth-order valence-corrected chi connectivity index (χ4v) is 1.14. The molecular formula is C9H14N2O3. The first-order valence-electron chi connectivity index (χ1n) is 4.39. The van der Waals surface area contributed by atoms with Crippen molar-refractivity contribution in [1.82, 2.24) is 9.78 Å². The van der Waals surface area contributed by atoms with E-state index >= 15 is 0 Å². The molecule has 1 aromatic heterocycles. The van der Waals surface area contributed by atoms with Gasteiger partial charge in [0.05, 0.1) is 12.3 Å². The third kappa shape index (κ3) is 2.32. The summed E-state index contributed by atoms with van der Waals surface area (Å²) >= 11 is 0. The van der Waals surface area contributed by atoms with E-state index in [9.17, 15) is 4.79 Å². The van der Waals surface area contributed by atoms with E-state index in [-0.39, 0.29) is 12.7 Å². The van der Waals surface area contributed by atoms with E-state index in [1.54, 1.807) is 20.1 Å². The van der Waals surface area contributed by atoms with Gasteiger partial charge < -0.3 is 9.47 Å². The van der Waals surface area contributed by atoms with Gasteiger partial charge in [0, 0.05) is 7.11 Å². The van der Waals surface area contributed by atoms with Crippen molar-refractivity contribution in [2.45, 2.75) is 20.6 Å². The maximum absolute atomic E-state index is 11.4. The molecule has 14 heavy (non-hydrogen) atoms. The molecule has 0 amide bonds. The summed E-state index contributed by atoms with van der Waals surface area (Å²) in [6.45, 7) is 4.19. The predicted octanol–water partition coefficient (Wildman–Crippen LogP) is 0.972. The standard InChI is InChI=1S/C9H14N2O3/c1-4-14-9(12)8-5-7(2)10-11(8)6-13-3/h5H,4,6H2,1-3H3. The number of aromatic nitrogens is 2. The van der Waals surface area contributed by atoms with E-state index in [0.29, 0.717) is 12.3 Å². The molecule has 0 aliphatic heterocycles. The Labute approximate surface area is 82.6 Å². The Balaban J connectivity index is 2.88. The number of ether oxygens (including phenoxy) is 2. The van der Waals surface area contributed by atoms with E-state index in [1.807, 2.05) is 6.92 Å². The van der Waals surface area contributed by atoms with Crippen molar-refractivity contribution in [3.8, 4) is 0 Å². The summed E-state index contributed by atoms with van der Waals surface area (Å²) in [5, 5.41) is 4.09. The molecule has 5 heteroatoms. The summed E-state index contributed by atoms with van der Waals surface area (Å²) in [6, 6.07) is 1.68. The van der Waals surface area contributed by atoms with Crippen LogP contribution in [0.3, 0.4) is 0 Å². The van der Waals surface area contributed by atoms with E-state index in [2.05, 4.69) is 5.10 Å². The van der Waals surface area contributed by atoms with Gasteiger partial charge in [0.1, 0.15) is 12.4 Å². The number of carbonyl (C=O) groups is 1. The normalized spacial score (nSPS) is 10.2. The highest BCUT2D eigenvalue weighted by molar-refractivity contribution is 5.87. The first kappa shape index (κ1) is 10.7. The van der Waals surface area contributed by atoms with Gasteiger partial charge in [0.15, 0.2) is 0 Å². The Hall–Kier alpha value is -1.36. The van der Waals surface area contributed by atoms with Gasteiger partial charge in [-0.3, -0.25) is 0 Å². The molecule has 5 nitrogen and oxygen atoms in total. The number of hydrogen-bond donors (Lipinski definition) is 0. The molecule has 1 heterocycles. The Morgan fingerprint density at radius 1 is 1.64 bits per heavy atom. The Kier molecular flexibility index (Phi) is 3.64. The van der Waals surface area contributed by atoms with Crippen molar-refractivity contribution in [2.24, 2.45) is 0 Å². The van der Waals surface area contributed by atoms with Crippen molar-refractivity contribution in [3.05, 3.63) is 17.5 Å². The zero-order chi connectivity index (χ0) is 10.6. The van der Waals surface area contributed by atoms with Crippen LogP contribution in [0.25, 0.3) is 0 Å². The number of rotatable bonds is 4. The van der Waals surface area contributed by atoms with Crippen molar-refractivity contribution in [3.63, 3.8) is 0 Å². The minimum Gasteiger partial charge on any atom is -0.461 e. The Morgan fingerprint density at radius 3 is 2.93 bits per heavy atom. The average molecular weight is 198 g/mol. The number of nitrogens with zero attached hydrogens (tertiary/aromatic N) is 2. The van der Waals surface area contributed by atoms with E-state index in [4.69, 9.17) is 9.47 Å². The van der Waals surface area contributed by atoms with E-state index < -0.39 is 0 Å². The lowest BCUT2D eigenvalue weighted by molar-refractivity contribution is 0.0486. The molecule has 0 fully saturated rings. The number of aryl methyl sites for hydroxylation is 1. The smallest absolute Gasteiger partial charge is 0.356 e. The van der Waals surface area contributed by atoms with Crippen molar-refractivity contribution in [2.75, 3.05) is 13.7 Å². The molecule has 0 N–H and O–H groups in total. The first-order valence-corrected chi connectivity index (χ1v) is 4.39. The van der Waals surface area contributed by atoms with Crippen LogP contribution in [0, 0.1) is 6.92 Å². The molecule has 0 aliphatic carbocycles. The third-order valence-corrected chi connectivity index (χ3v) is 1.64. The highest BCUT2D eigenvalue weighted by atomic mass is 16.5. The average Bonchev–Trinajstić information content (AvgIpc) is 2.48. The molecule has 0 unspecified atom stereocenters. The van der Waals surface area contributed by atoms with Crippen LogP contribution in [0.5, 0.6) is 0 Å². The highest BCUT2D eigenvalue weighted by Gasteiger charge is 2.14. The molecule has 78 valence electrons. The second-order valence-corrected chi connectivity index (χ2v) is 2.81. The predicted molar refractivity (Wildman–Crippen MR) is 49.9 cm³/mol.